The largest absolute Gasteiger partial charge is 0.346 e. The molecule has 86 valence electrons. The lowest BCUT2D eigenvalue weighted by Gasteiger charge is -2.02. The van der Waals surface area contributed by atoms with Gasteiger partial charge in [0.2, 0.25) is 0 Å². The third-order valence-corrected chi connectivity index (χ3v) is 2.50. The van der Waals surface area contributed by atoms with Crippen molar-refractivity contribution in [1.82, 2.24) is 25.1 Å². The molecule has 3 aromatic rings. The lowest BCUT2D eigenvalue weighted by Crippen LogP contribution is -1.92. The van der Waals surface area contributed by atoms with Gasteiger partial charge in [-0.3, -0.25) is 5.10 Å². The Morgan fingerprint density at radius 1 is 1.24 bits per heavy atom. The first-order chi connectivity index (χ1) is 8.27. The molecule has 0 saturated carbocycles. The Hall–Kier alpha value is -2.31. The van der Waals surface area contributed by atoms with Gasteiger partial charge in [-0.15, -0.1) is 0 Å². The summed E-state index contributed by atoms with van der Waals surface area (Å²) in [7, 11) is 0. The van der Waals surface area contributed by atoms with Crippen LogP contribution in [0.3, 0.4) is 0 Å². The lowest BCUT2D eigenvalue weighted by molar-refractivity contribution is 0.146. The summed E-state index contributed by atoms with van der Waals surface area (Å²) >= 11 is 0. The molecule has 5 nitrogen and oxygen atoms in total. The molecule has 0 fully saturated rings. The minimum atomic E-state index is -2.61. The van der Waals surface area contributed by atoms with Crippen LogP contribution in [0.4, 0.5) is 8.78 Å². The quantitative estimate of drug-likeness (QED) is 0.715. The standard InChI is InChI=1S/C10H7F2N5/c11-9(12)8-6(3-16-17-8)7-5-1-2-13-10(5)15-4-14-7/h1-4,9H,(H,16,17)(H,13,14,15). The summed E-state index contributed by atoms with van der Waals surface area (Å²) < 4.78 is 25.5. The Kier molecular flexibility index (Phi) is 2.10. The molecule has 3 aromatic heterocycles. The summed E-state index contributed by atoms with van der Waals surface area (Å²) in [5.74, 6) is 0. The highest BCUT2D eigenvalue weighted by molar-refractivity contribution is 5.90. The molecule has 0 aliphatic rings. The number of nitrogens with one attached hydrogen (secondary N) is 2. The van der Waals surface area contributed by atoms with E-state index in [9.17, 15) is 8.78 Å². The van der Waals surface area contributed by atoms with Crippen LogP contribution in [0.15, 0.2) is 24.8 Å². The molecule has 0 amide bonds. The van der Waals surface area contributed by atoms with Crippen LogP contribution in [0.5, 0.6) is 0 Å². The smallest absolute Gasteiger partial charge is 0.280 e. The van der Waals surface area contributed by atoms with E-state index in [1.54, 1.807) is 12.3 Å². The van der Waals surface area contributed by atoms with Gasteiger partial charge in [0, 0.05) is 17.1 Å². The van der Waals surface area contributed by atoms with Gasteiger partial charge in [-0.05, 0) is 6.07 Å². The van der Waals surface area contributed by atoms with E-state index in [4.69, 9.17) is 0 Å². The van der Waals surface area contributed by atoms with E-state index in [-0.39, 0.29) is 5.69 Å². The van der Waals surface area contributed by atoms with Crippen molar-refractivity contribution >= 4 is 11.0 Å². The summed E-state index contributed by atoms with van der Waals surface area (Å²) in [6.45, 7) is 0. The third kappa shape index (κ3) is 1.47. The number of aromatic amines is 2. The average molecular weight is 235 g/mol. The highest BCUT2D eigenvalue weighted by Crippen LogP contribution is 2.31. The van der Waals surface area contributed by atoms with Crippen LogP contribution in [0, 0.1) is 0 Å². The molecule has 2 N–H and O–H groups in total. The predicted octanol–water partition coefficient (Wildman–Crippen LogP) is 2.29. The Bertz CT molecular complexity index is 657. The summed E-state index contributed by atoms with van der Waals surface area (Å²) in [5.41, 5.74) is 1.12. The van der Waals surface area contributed by atoms with E-state index >= 15 is 0 Å². The van der Waals surface area contributed by atoms with Crippen LogP contribution < -0.4 is 0 Å². The lowest BCUT2D eigenvalue weighted by atomic mass is 10.1. The molecular formula is C10H7F2N5. The second-order valence-electron chi connectivity index (χ2n) is 3.46. The highest BCUT2D eigenvalue weighted by atomic mass is 19.3. The average Bonchev–Trinajstić information content (AvgIpc) is 2.97. The van der Waals surface area contributed by atoms with Crippen molar-refractivity contribution in [2.24, 2.45) is 0 Å². The summed E-state index contributed by atoms with van der Waals surface area (Å²) in [6.07, 6.45) is 1.74. The van der Waals surface area contributed by atoms with Crippen LogP contribution in [-0.4, -0.2) is 25.1 Å². The second kappa shape index (κ2) is 3.62. The fraction of sp³-hybridized carbons (Fsp3) is 0.100. The topological polar surface area (TPSA) is 70.2 Å². The van der Waals surface area contributed by atoms with Crippen molar-refractivity contribution in [3.8, 4) is 11.3 Å². The maximum Gasteiger partial charge on any atom is 0.280 e. The molecule has 0 aliphatic heterocycles. The van der Waals surface area contributed by atoms with Crippen LogP contribution in [0.2, 0.25) is 0 Å². The number of aromatic nitrogens is 5. The molecule has 3 heterocycles. The number of fused-ring (bicyclic) bond motifs is 1. The van der Waals surface area contributed by atoms with Crippen molar-refractivity contribution < 1.29 is 8.78 Å². The van der Waals surface area contributed by atoms with Gasteiger partial charge in [0.1, 0.15) is 17.7 Å². The fourth-order valence-electron chi connectivity index (χ4n) is 1.74. The van der Waals surface area contributed by atoms with E-state index in [0.29, 0.717) is 22.3 Å². The number of halogens is 2. The molecule has 0 unspecified atom stereocenters. The van der Waals surface area contributed by atoms with Crippen LogP contribution in [0.1, 0.15) is 12.1 Å². The number of H-pyrrole nitrogens is 2. The Balaban J connectivity index is 2.27. The second-order valence-corrected chi connectivity index (χ2v) is 3.46. The predicted molar refractivity (Wildman–Crippen MR) is 56.4 cm³/mol. The normalized spacial score (nSPS) is 11.5. The SMILES string of the molecule is FC(F)c1[nH]ncc1-c1ncnc2[nH]ccc12. The first kappa shape index (κ1) is 9.88. The minimum absolute atomic E-state index is 0.230. The van der Waals surface area contributed by atoms with Gasteiger partial charge in [0.15, 0.2) is 0 Å². The number of hydrogen-bond donors (Lipinski definition) is 2. The van der Waals surface area contributed by atoms with Gasteiger partial charge >= 0.3 is 0 Å². The number of hydrogen-bond acceptors (Lipinski definition) is 3. The number of nitrogens with zero attached hydrogens (tertiary/aromatic N) is 3. The van der Waals surface area contributed by atoms with Crippen molar-refractivity contribution in [3.05, 3.63) is 30.5 Å². The van der Waals surface area contributed by atoms with Gasteiger partial charge in [-0.2, -0.15) is 5.10 Å². The molecule has 7 heteroatoms. The van der Waals surface area contributed by atoms with Crippen molar-refractivity contribution in [1.29, 1.82) is 0 Å². The van der Waals surface area contributed by atoms with E-state index in [2.05, 4.69) is 25.1 Å². The van der Waals surface area contributed by atoms with Crippen LogP contribution >= 0.6 is 0 Å². The highest BCUT2D eigenvalue weighted by Gasteiger charge is 2.19. The van der Waals surface area contributed by atoms with E-state index in [0.717, 1.165) is 0 Å². The van der Waals surface area contributed by atoms with E-state index < -0.39 is 6.43 Å². The van der Waals surface area contributed by atoms with Crippen molar-refractivity contribution in [3.63, 3.8) is 0 Å². The zero-order valence-corrected chi connectivity index (χ0v) is 8.48. The molecule has 0 atom stereocenters. The molecule has 0 spiro atoms. The van der Waals surface area contributed by atoms with E-state index in [1.807, 2.05) is 0 Å². The molecular weight excluding hydrogens is 228 g/mol. The minimum Gasteiger partial charge on any atom is -0.346 e. The zero-order valence-electron chi connectivity index (χ0n) is 8.48. The fourth-order valence-corrected chi connectivity index (χ4v) is 1.74. The van der Waals surface area contributed by atoms with Gasteiger partial charge < -0.3 is 4.98 Å². The van der Waals surface area contributed by atoms with Crippen molar-refractivity contribution in [2.45, 2.75) is 6.43 Å². The third-order valence-electron chi connectivity index (χ3n) is 2.50. The van der Waals surface area contributed by atoms with Gasteiger partial charge in [0.05, 0.1) is 11.9 Å². The molecule has 0 radical (unpaired) electrons. The number of rotatable bonds is 2. The van der Waals surface area contributed by atoms with E-state index in [1.165, 1.54) is 12.5 Å². The summed E-state index contributed by atoms with van der Waals surface area (Å²) in [6, 6.07) is 1.74. The monoisotopic (exact) mass is 235 g/mol. The van der Waals surface area contributed by atoms with Gasteiger partial charge in [-0.25, -0.2) is 18.7 Å². The van der Waals surface area contributed by atoms with Crippen molar-refractivity contribution in [2.75, 3.05) is 0 Å². The molecule has 0 aliphatic carbocycles. The molecule has 3 rings (SSSR count). The van der Waals surface area contributed by atoms with Crippen LogP contribution in [-0.2, 0) is 0 Å². The number of alkyl halides is 2. The first-order valence-corrected chi connectivity index (χ1v) is 4.87. The van der Waals surface area contributed by atoms with Crippen LogP contribution in [0.25, 0.3) is 22.3 Å². The molecule has 0 saturated heterocycles. The maximum atomic E-state index is 12.8. The molecule has 0 bridgehead atoms. The summed E-state index contributed by atoms with van der Waals surface area (Å²) in [4.78, 5) is 10.9. The first-order valence-electron chi connectivity index (χ1n) is 4.87. The molecule has 17 heavy (non-hydrogen) atoms. The Morgan fingerprint density at radius 2 is 2.12 bits per heavy atom. The zero-order chi connectivity index (χ0) is 11.8. The maximum absolute atomic E-state index is 12.8. The summed E-state index contributed by atoms with van der Waals surface area (Å²) in [5, 5.41) is 6.62. The Morgan fingerprint density at radius 3 is 2.94 bits per heavy atom. The molecule has 0 aromatic carbocycles. The van der Waals surface area contributed by atoms with Gasteiger partial charge in [0.25, 0.3) is 6.43 Å². The Labute approximate surface area is 93.9 Å². The van der Waals surface area contributed by atoms with Gasteiger partial charge in [-0.1, -0.05) is 0 Å².